The molecular weight excluding hydrogens is 454 g/mol. The Morgan fingerprint density at radius 2 is 1.33 bits per heavy atom. The highest BCUT2D eigenvalue weighted by atomic mass is 79.9. The van der Waals surface area contributed by atoms with Gasteiger partial charge in [-0.25, -0.2) is 0 Å². The van der Waals surface area contributed by atoms with Crippen LogP contribution in [0.5, 0.6) is 0 Å². The lowest BCUT2D eigenvalue weighted by atomic mass is 10.4. The summed E-state index contributed by atoms with van der Waals surface area (Å²) in [6, 6.07) is 0. The van der Waals surface area contributed by atoms with Gasteiger partial charge in [0.1, 0.15) is 4.83 Å². The van der Waals surface area contributed by atoms with Crippen molar-refractivity contribution >= 4 is 43.7 Å². The Kier molecular flexibility index (Phi) is 17.4. The van der Waals surface area contributed by atoms with Crippen LogP contribution >= 0.6 is 31.9 Å². The number of amides is 1. The van der Waals surface area contributed by atoms with E-state index in [1.54, 1.807) is 0 Å². The van der Waals surface area contributed by atoms with E-state index in [0.29, 0.717) is 58.1 Å². The zero-order valence-electron chi connectivity index (χ0n) is 13.5. The summed E-state index contributed by atoms with van der Waals surface area (Å²) in [6.07, 6.45) is -0.00000636. The number of hydrogen-bond acceptors (Lipinski definition) is 6. The number of alkyl halides is 2. The maximum atomic E-state index is 11.4. The zero-order valence-corrected chi connectivity index (χ0v) is 16.7. The lowest BCUT2D eigenvalue weighted by Crippen LogP contribution is -2.34. The first-order valence-electron chi connectivity index (χ1n) is 7.58. The largest absolute Gasteiger partial charge is 0.481 e. The van der Waals surface area contributed by atoms with Crippen molar-refractivity contribution in [3.05, 3.63) is 0 Å². The Morgan fingerprint density at radius 1 is 0.875 bits per heavy atom. The Bertz CT molecular complexity index is 334. The number of carboxylic acid groups (broad SMARTS) is 1. The number of halogens is 2. The van der Waals surface area contributed by atoms with Crippen LogP contribution in [-0.2, 0) is 28.5 Å². The van der Waals surface area contributed by atoms with Gasteiger partial charge in [-0.3, -0.25) is 9.59 Å². The second kappa shape index (κ2) is 17.6. The molecule has 2 N–H and O–H groups in total. The summed E-state index contributed by atoms with van der Waals surface area (Å²) >= 11 is 6.44. The van der Waals surface area contributed by atoms with E-state index < -0.39 is 5.97 Å². The van der Waals surface area contributed by atoms with E-state index in [-0.39, 0.29) is 23.8 Å². The summed E-state index contributed by atoms with van der Waals surface area (Å²) in [5.41, 5.74) is 0. The SMILES string of the molecule is O=C(O)CCOCCOCCOCCOCCNC(=O)C(Br)CBr. The number of carbonyl (C=O) groups is 2. The van der Waals surface area contributed by atoms with Crippen molar-refractivity contribution in [2.75, 3.05) is 64.7 Å². The van der Waals surface area contributed by atoms with Crippen LogP contribution in [0, 0.1) is 0 Å². The smallest absolute Gasteiger partial charge is 0.305 e. The quantitative estimate of drug-likeness (QED) is 0.235. The number of rotatable bonds is 17. The molecule has 0 saturated carbocycles. The van der Waals surface area contributed by atoms with E-state index in [2.05, 4.69) is 37.2 Å². The van der Waals surface area contributed by atoms with Crippen LogP contribution in [0.25, 0.3) is 0 Å². The van der Waals surface area contributed by atoms with E-state index in [1.807, 2.05) is 0 Å². The van der Waals surface area contributed by atoms with Crippen molar-refractivity contribution in [3.63, 3.8) is 0 Å². The molecule has 1 amide bonds. The van der Waals surface area contributed by atoms with Gasteiger partial charge in [0.05, 0.1) is 59.3 Å². The third-order valence-electron chi connectivity index (χ3n) is 2.54. The molecule has 0 aliphatic carbocycles. The summed E-state index contributed by atoms with van der Waals surface area (Å²) in [5, 5.41) is 11.7. The molecule has 0 rings (SSSR count). The fourth-order valence-corrected chi connectivity index (χ4v) is 1.80. The van der Waals surface area contributed by atoms with Gasteiger partial charge in [0.2, 0.25) is 5.91 Å². The number of ether oxygens (including phenoxy) is 4. The van der Waals surface area contributed by atoms with E-state index in [4.69, 9.17) is 24.1 Å². The molecule has 24 heavy (non-hydrogen) atoms. The van der Waals surface area contributed by atoms with Crippen LogP contribution in [-0.4, -0.2) is 86.5 Å². The average molecular weight is 479 g/mol. The molecule has 0 bridgehead atoms. The molecule has 0 saturated heterocycles. The molecule has 1 atom stereocenters. The van der Waals surface area contributed by atoms with Crippen LogP contribution in [0.15, 0.2) is 0 Å². The molecule has 0 aromatic carbocycles. The first kappa shape index (κ1) is 23.7. The number of carbonyl (C=O) groups excluding carboxylic acids is 1. The van der Waals surface area contributed by atoms with Gasteiger partial charge in [-0.2, -0.15) is 0 Å². The Morgan fingerprint density at radius 3 is 1.79 bits per heavy atom. The van der Waals surface area contributed by atoms with Gasteiger partial charge >= 0.3 is 5.97 Å². The van der Waals surface area contributed by atoms with Crippen LogP contribution in [0.2, 0.25) is 0 Å². The van der Waals surface area contributed by atoms with Crippen LogP contribution in [0.4, 0.5) is 0 Å². The third kappa shape index (κ3) is 16.6. The Labute approximate surface area is 158 Å². The molecule has 0 heterocycles. The fraction of sp³-hybridized carbons (Fsp3) is 0.857. The molecule has 0 aromatic rings. The predicted octanol–water partition coefficient (Wildman–Crippen LogP) is 0.802. The summed E-state index contributed by atoms with van der Waals surface area (Å²) < 4.78 is 20.9. The fourth-order valence-electron chi connectivity index (χ4n) is 1.35. The summed E-state index contributed by atoms with van der Waals surface area (Å²) in [4.78, 5) is 21.4. The molecule has 10 heteroatoms. The molecule has 0 radical (unpaired) electrons. The molecule has 0 aromatic heterocycles. The maximum Gasteiger partial charge on any atom is 0.305 e. The number of aliphatic carboxylic acids is 1. The van der Waals surface area contributed by atoms with Crippen LogP contribution < -0.4 is 5.32 Å². The van der Waals surface area contributed by atoms with Crippen molar-refractivity contribution in [3.8, 4) is 0 Å². The van der Waals surface area contributed by atoms with Crippen molar-refractivity contribution in [1.82, 2.24) is 5.32 Å². The van der Waals surface area contributed by atoms with Crippen molar-refractivity contribution < 1.29 is 33.6 Å². The van der Waals surface area contributed by atoms with Crippen molar-refractivity contribution in [2.45, 2.75) is 11.2 Å². The topological polar surface area (TPSA) is 103 Å². The average Bonchev–Trinajstić information content (AvgIpc) is 2.57. The van der Waals surface area contributed by atoms with Gasteiger partial charge in [0.15, 0.2) is 0 Å². The second-order valence-corrected chi connectivity index (χ2v) is 6.26. The summed E-state index contributed by atoms with van der Waals surface area (Å²) in [6.45, 7) is 3.65. The molecule has 0 aliphatic heterocycles. The molecule has 0 fully saturated rings. The highest BCUT2D eigenvalue weighted by molar-refractivity contribution is 9.12. The zero-order chi connectivity index (χ0) is 18.0. The highest BCUT2D eigenvalue weighted by Crippen LogP contribution is 2.02. The van der Waals surface area contributed by atoms with E-state index >= 15 is 0 Å². The first-order valence-corrected chi connectivity index (χ1v) is 9.62. The monoisotopic (exact) mass is 477 g/mol. The summed E-state index contributed by atoms with van der Waals surface area (Å²) in [7, 11) is 0. The molecular formula is C14H25Br2NO7. The Balaban J connectivity index is 3.13. The number of carboxylic acids is 1. The number of nitrogens with one attached hydrogen (secondary N) is 1. The van der Waals surface area contributed by atoms with Crippen LogP contribution in [0.1, 0.15) is 6.42 Å². The molecule has 142 valence electrons. The standard InChI is InChI=1S/C14H25Br2NO7/c15-11-12(16)14(20)17-2-4-22-6-8-24-10-9-23-7-5-21-3-1-13(18)19/h12H,1-11H2,(H,17,20)(H,18,19). The molecule has 1 unspecified atom stereocenters. The van der Waals surface area contributed by atoms with Crippen molar-refractivity contribution in [1.29, 1.82) is 0 Å². The van der Waals surface area contributed by atoms with Gasteiger partial charge < -0.3 is 29.4 Å². The minimum atomic E-state index is -0.875. The predicted molar refractivity (Wildman–Crippen MR) is 95.0 cm³/mol. The van der Waals surface area contributed by atoms with E-state index in [0.717, 1.165) is 0 Å². The van der Waals surface area contributed by atoms with Gasteiger partial charge in [-0.1, -0.05) is 31.9 Å². The lowest BCUT2D eigenvalue weighted by Gasteiger charge is -2.09. The normalized spacial score (nSPS) is 12.1. The number of hydrogen-bond donors (Lipinski definition) is 2. The van der Waals surface area contributed by atoms with Gasteiger partial charge in [-0.05, 0) is 0 Å². The van der Waals surface area contributed by atoms with Gasteiger partial charge in [-0.15, -0.1) is 0 Å². The minimum Gasteiger partial charge on any atom is -0.481 e. The third-order valence-corrected chi connectivity index (χ3v) is 4.80. The minimum absolute atomic E-state index is 0.00000636. The second-order valence-electron chi connectivity index (χ2n) is 4.51. The summed E-state index contributed by atoms with van der Waals surface area (Å²) in [5.74, 6) is -0.948. The van der Waals surface area contributed by atoms with Crippen LogP contribution in [0.3, 0.4) is 0 Å². The lowest BCUT2D eigenvalue weighted by molar-refractivity contribution is -0.138. The van der Waals surface area contributed by atoms with E-state index in [9.17, 15) is 9.59 Å². The van der Waals surface area contributed by atoms with Gasteiger partial charge in [0.25, 0.3) is 0 Å². The van der Waals surface area contributed by atoms with E-state index in [1.165, 1.54) is 0 Å². The maximum absolute atomic E-state index is 11.4. The molecule has 0 aliphatic rings. The Hall–Kier alpha value is -0.260. The first-order chi connectivity index (χ1) is 11.6. The van der Waals surface area contributed by atoms with Gasteiger partial charge in [0, 0.05) is 11.9 Å². The molecule has 8 nitrogen and oxygen atoms in total. The van der Waals surface area contributed by atoms with Crippen molar-refractivity contribution in [2.24, 2.45) is 0 Å². The highest BCUT2D eigenvalue weighted by Gasteiger charge is 2.11. The molecule has 0 spiro atoms.